The molecule has 0 fully saturated rings. The van der Waals surface area contributed by atoms with E-state index in [1.165, 1.54) is 0 Å². The van der Waals surface area contributed by atoms with Crippen molar-refractivity contribution in [3.8, 4) is 17.2 Å². The van der Waals surface area contributed by atoms with E-state index in [-0.39, 0.29) is 12.5 Å². The molecule has 6 heteroatoms. The van der Waals surface area contributed by atoms with Crippen molar-refractivity contribution in [1.82, 2.24) is 9.80 Å². The Bertz CT molecular complexity index is 762. The van der Waals surface area contributed by atoms with Gasteiger partial charge in [-0.3, -0.25) is 4.79 Å². The summed E-state index contributed by atoms with van der Waals surface area (Å²) >= 11 is 0. The van der Waals surface area contributed by atoms with Gasteiger partial charge in [0.2, 0.25) is 0 Å². The summed E-state index contributed by atoms with van der Waals surface area (Å²) in [6.45, 7) is 4.68. The molecular weight excluding hydrogens is 380 g/mol. The van der Waals surface area contributed by atoms with Crippen LogP contribution >= 0.6 is 0 Å². The van der Waals surface area contributed by atoms with Crippen LogP contribution in [-0.4, -0.2) is 63.2 Å². The molecule has 0 aromatic heterocycles. The first-order valence-electron chi connectivity index (χ1n) is 10.4. The Morgan fingerprint density at radius 1 is 0.933 bits per heavy atom. The second-order valence-corrected chi connectivity index (χ2v) is 7.39. The summed E-state index contributed by atoms with van der Waals surface area (Å²) in [4.78, 5) is 16.8. The van der Waals surface area contributed by atoms with Crippen molar-refractivity contribution in [3.05, 3.63) is 54.1 Å². The Morgan fingerprint density at radius 3 is 2.23 bits per heavy atom. The van der Waals surface area contributed by atoms with Gasteiger partial charge in [-0.25, -0.2) is 0 Å². The molecule has 0 saturated carbocycles. The number of amides is 1. The van der Waals surface area contributed by atoms with Crippen molar-refractivity contribution in [3.63, 3.8) is 0 Å². The molecule has 0 radical (unpaired) electrons. The lowest BCUT2D eigenvalue weighted by atomic mass is 10.2. The molecule has 2 aromatic carbocycles. The summed E-state index contributed by atoms with van der Waals surface area (Å²) < 4.78 is 16.8. The zero-order valence-corrected chi connectivity index (χ0v) is 18.6. The normalized spacial score (nSPS) is 10.7. The summed E-state index contributed by atoms with van der Waals surface area (Å²) in [5.41, 5.74) is 0.973. The molecule has 0 N–H and O–H groups in total. The minimum atomic E-state index is -0.0639. The zero-order chi connectivity index (χ0) is 21.8. The van der Waals surface area contributed by atoms with E-state index in [1.54, 1.807) is 12.0 Å². The van der Waals surface area contributed by atoms with E-state index < -0.39 is 0 Å². The minimum Gasteiger partial charge on any atom is -0.496 e. The molecule has 0 spiro atoms. The van der Waals surface area contributed by atoms with Crippen LogP contribution in [0.25, 0.3) is 0 Å². The molecule has 1 amide bonds. The highest BCUT2D eigenvalue weighted by Gasteiger charge is 2.17. The second-order valence-electron chi connectivity index (χ2n) is 7.39. The van der Waals surface area contributed by atoms with Gasteiger partial charge in [-0.1, -0.05) is 31.5 Å². The highest BCUT2D eigenvalue weighted by Crippen LogP contribution is 2.20. The number of methoxy groups -OCH3 is 1. The summed E-state index contributed by atoms with van der Waals surface area (Å²) in [6, 6.07) is 15.2. The number of carbonyl (C=O) groups is 1. The number of nitrogens with zero attached hydrogens (tertiary/aromatic N) is 2. The Morgan fingerprint density at radius 2 is 1.60 bits per heavy atom. The van der Waals surface area contributed by atoms with Crippen LogP contribution in [0.1, 0.15) is 25.3 Å². The number of likely N-dealkylation sites (N-methyl/N-ethyl adjacent to an activating group) is 1. The van der Waals surface area contributed by atoms with Crippen molar-refractivity contribution in [2.45, 2.75) is 26.3 Å². The van der Waals surface area contributed by atoms with E-state index in [9.17, 15) is 4.79 Å². The van der Waals surface area contributed by atoms with Crippen LogP contribution in [0, 0.1) is 0 Å². The molecule has 0 bridgehead atoms. The Kier molecular flexibility index (Phi) is 10.0. The van der Waals surface area contributed by atoms with E-state index in [1.807, 2.05) is 62.6 Å². The molecule has 0 aliphatic carbocycles. The third-order valence-corrected chi connectivity index (χ3v) is 4.68. The van der Waals surface area contributed by atoms with Crippen LogP contribution in [0.4, 0.5) is 0 Å². The number of carbonyl (C=O) groups excluding carboxylic acids is 1. The molecule has 2 rings (SSSR count). The zero-order valence-electron chi connectivity index (χ0n) is 18.6. The average Bonchev–Trinajstić information content (AvgIpc) is 2.76. The van der Waals surface area contributed by atoms with Crippen LogP contribution in [0.2, 0.25) is 0 Å². The number of ether oxygens (including phenoxy) is 3. The highest BCUT2D eigenvalue weighted by atomic mass is 16.5. The van der Waals surface area contributed by atoms with E-state index >= 15 is 0 Å². The molecule has 6 nitrogen and oxygen atoms in total. The van der Waals surface area contributed by atoms with Gasteiger partial charge in [-0.05, 0) is 50.8 Å². The Labute approximate surface area is 180 Å². The van der Waals surface area contributed by atoms with Gasteiger partial charge in [-0.15, -0.1) is 0 Å². The number of rotatable bonds is 13. The minimum absolute atomic E-state index is 0.0153. The molecule has 30 heavy (non-hydrogen) atoms. The number of hydrogen-bond donors (Lipinski definition) is 0. The summed E-state index contributed by atoms with van der Waals surface area (Å²) in [5, 5.41) is 0. The number of unbranched alkanes of at least 4 members (excludes halogenated alkanes) is 1. The van der Waals surface area contributed by atoms with Gasteiger partial charge in [0.15, 0.2) is 6.61 Å². The monoisotopic (exact) mass is 414 g/mol. The maximum atomic E-state index is 12.9. The third-order valence-electron chi connectivity index (χ3n) is 4.68. The van der Waals surface area contributed by atoms with Gasteiger partial charge in [0, 0.05) is 25.2 Å². The van der Waals surface area contributed by atoms with E-state index in [4.69, 9.17) is 14.2 Å². The van der Waals surface area contributed by atoms with Crippen molar-refractivity contribution < 1.29 is 19.0 Å². The standard InChI is InChI=1S/C24H34N2O4/c1-5-6-17-29-21-11-13-22(14-12-21)30-19-24(27)26(16-15-25(2)3)18-20-9-7-8-10-23(20)28-4/h7-14H,5-6,15-19H2,1-4H3. The molecule has 0 saturated heterocycles. The quantitative estimate of drug-likeness (QED) is 0.466. The van der Waals surface area contributed by atoms with Crippen molar-refractivity contribution in [2.75, 3.05) is 47.5 Å². The molecule has 2 aromatic rings. The Hall–Kier alpha value is -2.73. The van der Waals surface area contributed by atoms with Crippen LogP contribution in [0.15, 0.2) is 48.5 Å². The van der Waals surface area contributed by atoms with E-state index in [2.05, 4.69) is 11.8 Å². The lowest BCUT2D eigenvalue weighted by molar-refractivity contribution is -0.134. The molecular formula is C24H34N2O4. The van der Waals surface area contributed by atoms with Crippen LogP contribution in [0.3, 0.4) is 0 Å². The summed E-state index contributed by atoms with van der Waals surface area (Å²) in [5.74, 6) is 2.17. The fraction of sp³-hybridized carbons (Fsp3) is 0.458. The lowest BCUT2D eigenvalue weighted by Crippen LogP contribution is -2.39. The van der Waals surface area contributed by atoms with Crippen molar-refractivity contribution in [1.29, 1.82) is 0 Å². The van der Waals surface area contributed by atoms with E-state index in [0.717, 1.165) is 36.4 Å². The molecule has 0 aliphatic heterocycles. The topological polar surface area (TPSA) is 51.2 Å². The molecule has 164 valence electrons. The van der Waals surface area contributed by atoms with Gasteiger partial charge < -0.3 is 24.0 Å². The van der Waals surface area contributed by atoms with Gasteiger partial charge in [-0.2, -0.15) is 0 Å². The highest BCUT2D eigenvalue weighted by molar-refractivity contribution is 5.78. The maximum absolute atomic E-state index is 12.9. The predicted molar refractivity (Wildman–Crippen MR) is 119 cm³/mol. The first-order valence-corrected chi connectivity index (χ1v) is 10.4. The first-order chi connectivity index (χ1) is 14.5. The van der Waals surface area contributed by atoms with Crippen LogP contribution < -0.4 is 14.2 Å². The van der Waals surface area contributed by atoms with Gasteiger partial charge in [0.1, 0.15) is 17.2 Å². The Balaban J connectivity index is 1.96. The number of hydrogen-bond acceptors (Lipinski definition) is 5. The van der Waals surface area contributed by atoms with E-state index in [0.29, 0.717) is 25.4 Å². The fourth-order valence-electron chi connectivity index (χ4n) is 2.85. The number of benzene rings is 2. The molecule has 0 atom stereocenters. The van der Waals surface area contributed by atoms with Crippen LogP contribution in [-0.2, 0) is 11.3 Å². The smallest absolute Gasteiger partial charge is 0.260 e. The SMILES string of the molecule is CCCCOc1ccc(OCC(=O)N(CCN(C)C)Cc2ccccc2OC)cc1. The predicted octanol–water partition coefficient (Wildman–Crippen LogP) is 3.84. The van der Waals surface area contributed by atoms with Gasteiger partial charge in [0.05, 0.1) is 13.7 Å². The summed E-state index contributed by atoms with van der Waals surface area (Å²) in [7, 11) is 5.63. The first kappa shape index (κ1) is 23.5. The fourth-order valence-corrected chi connectivity index (χ4v) is 2.85. The number of para-hydroxylation sites is 1. The molecule has 0 heterocycles. The van der Waals surface area contributed by atoms with Gasteiger partial charge in [0.25, 0.3) is 5.91 Å². The van der Waals surface area contributed by atoms with Crippen LogP contribution in [0.5, 0.6) is 17.2 Å². The molecule has 0 aliphatic rings. The average molecular weight is 415 g/mol. The third kappa shape index (κ3) is 7.95. The lowest BCUT2D eigenvalue weighted by Gasteiger charge is -2.25. The van der Waals surface area contributed by atoms with Gasteiger partial charge >= 0.3 is 0 Å². The maximum Gasteiger partial charge on any atom is 0.260 e. The second kappa shape index (κ2) is 12.8. The van der Waals surface area contributed by atoms with Crippen molar-refractivity contribution >= 4 is 5.91 Å². The summed E-state index contributed by atoms with van der Waals surface area (Å²) in [6.07, 6.45) is 2.13. The van der Waals surface area contributed by atoms with Crippen molar-refractivity contribution in [2.24, 2.45) is 0 Å². The molecule has 0 unspecified atom stereocenters. The largest absolute Gasteiger partial charge is 0.496 e.